The van der Waals surface area contributed by atoms with E-state index in [1.54, 1.807) is 26.4 Å². The maximum absolute atomic E-state index is 13.3. The Morgan fingerprint density at radius 1 is 0.667 bits per heavy atom. The summed E-state index contributed by atoms with van der Waals surface area (Å²) in [5, 5.41) is 0. The van der Waals surface area contributed by atoms with Gasteiger partial charge in [0.1, 0.15) is 17.8 Å². The van der Waals surface area contributed by atoms with Crippen LogP contribution in [0.25, 0.3) is 0 Å². The first kappa shape index (κ1) is 34.4. The van der Waals surface area contributed by atoms with E-state index in [2.05, 4.69) is 6.07 Å². The van der Waals surface area contributed by atoms with Crippen LogP contribution in [0.15, 0.2) is 84.9 Å². The molecule has 8 rings (SSSR count). The second-order valence-electron chi connectivity index (χ2n) is 14.1. The van der Waals surface area contributed by atoms with Crippen LogP contribution in [-0.2, 0) is 41.6 Å². The van der Waals surface area contributed by atoms with Crippen molar-refractivity contribution in [3.8, 4) is 11.5 Å². The molecule has 0 bridgehead atoms. The van der Waals surface area contributed by atoms with E-state index in [4.69, 9.17) is 9.47 Å². The van der Waals surface area contributed by atoms with Crippen molar-refractivity contribution in [2.45, 2.75) is 68.9 Å². The zero-order valence-electron chi connectivity index (χ0n) is 29.0. The number of hydrogen-bond donors (Lipinski definition) is 0. The Morgan fingerprint density at radius 2 is 1.12 bits per heavy atom. The Hall–Kier alpha value is -5.05. The summed E-state index contributed by atoms with van der Waals surface area (Å²) in [5.41, 5.74) is 5.99. The fraction of sp³-hybridized carbons (Fsp3) is 0.357. The van der Waals surface area contributed by atoms with Gasteiger partial charge in [-0.25, -0.2) is 8.78 Å². The van der Waals surface area contributed by atoms with E-state index in [-0.39, 0.29) is 17.2 Å². The number of halogens is 2. The Labute approximate surface area is 297 Å². The van der Waals surface area contributed by atoms with Crippen LogP contribution in [-0.4, -0.2) is 61.6 Å². The fourth-order valence-electron chi connectivity index (χ4n) is 7.27. The van der Waals surface area contributed by atoms with Crippen LogP contribution in [0.3, 0.4) is 0 Å². The summed E-state index contributed by atoms with van der Waals surface area (Å²) in [5.74, 6) is 1.63. The van der Waals surface area contributed by atoms with Gasteiger partial charge in [0.05, 0.1) is 25.0 Å². The van der Waals surface area contributed by atoms with Crippen molar-refractivity contribution in [1.29, 1.82) is 0 Å². The van der Waals surface area contributed by atoms with Gasteiger partial charge >= 0.3 is 0 Å². The maximum Gasteiger partial charge on any atom is 0.254 e. The average Bonchev–Trinajstić information content (AvgIpc) is 4.10. The van der Waals surface area contributed by atoms with Gasteiger partial charge in [-0.2, -0.15) is 0 Å². The van der Waals surface area contributed by atoms with Crippen LogP contribution in [0.1, 0.15) is 79.8 Å². The van der Waals surface area contributed by atoms with Crippen LogP contribution in [0.4, 0.5) is 8.78 Å². The number of nitrogens with zero attached hydrogens (tertiary/aromatic N) is 2. The minimum absolute atomic E-state index is 0.0319. The summed E-state index contributed by atoms with van der Waals surface area (Å²) in [6.07, 6.45) is 3.16. The summed E-state index contributed by atoms with van der Waals surface area (Å²) >= 11 is 0. The standard InChI is InChI=1S/C21H21F2NO2.C21H21NO3/c1-26-17-5-2-14(3-6-17)13-24-11-8-15-12-16(4-7-18(15)19(24)25)21(9-10-21)20(22)23;1-25-18-5-2-15(3-6-18)13-22-11-8-16-12-17(21(14-23)9-10-21)4-7-19(16)20(22)24/h2-7,12,20H,8-11,13H2,1H3;2-7,12,14H,8-11,13H2,1H3. The molecule has 2 aliphatic carbocycles. The smallest absolute Gasteiger partial charge is 0.254 e. The molecule has 2 amide bonds. The second-order valence-corrected chi connectivity index (χ2v) is 14.1. The molecule has 4 aromatic carbocycles. The van der Waals surface area contributed by atoms with Gasteiger partial charge in [0.2, 0.25) is 6.43 Å². The number of rotatable bonds is 10. The highest BCUT2D eigenvalue weighted by molar-refractivity contribution is 5.97. The molecule has 51 heavy (non-hydrogen) atoms. The van der Waals surface area contributed by atoms with Gasteiger partial charge in [-0.15, -0.1) is 0 Å². The normalized spacial score (nSPS) is 17.9. The van der Waals surface area contributed by atoms with Crippen molar-refractivity contribution in [2.24, 2.45) is 0 Å². The molecule has 0 saturated heterocycles. The Balaban J connectivity index is 0.000000159. The molecule has 2 saturated carbocycles. The van der Waals surface area contributed by atoms with Crippen molar-refractivity contribution in [2.75, 3.05) is 27.3 Å². The van der Waals surface area contributed by atoms with E-state index >= 15 is 0 Å². The zero-order chi connectivity index (χ0) is 35.8. The summed E-state index contributed by atoms with van der Waals surface area (Å²) in [4.78, 5) is 40.7. The zero-order valence-corrected chi connectivity index (χ0v) is 29.0. The number of amides is 2. The SMILES string of the molecule is COc1ccc(CN2CCc3cc(C4(C(F)F)CC4)ccc3C2=O)cc1.COc1ccc(CN2CCc3cc(C4(C=O)CC4)ccc3C2=O)cc1. The van der Waals surface area contributed by atoms with E-state index in [1.165, 1.54) is 0 Å². The van der Waals surface area contributed by atoms with Crippen molar-refractivity contribution in [1.82, 2.24) is 9.80 Å². The molecule has 0 unspecified atom stereocenters. The largest absolute Gasteiger partial charge is 0.497 e. The number of aldehydes is 1. The predicted octanol–water partition coefficient (Wildman–Crippen LogP) is 7.31. The first-order chi connectivity index (χ1) is 24.7. The number of ether oxygens (including phenoxy) is 2. The van der Waals surface area contributed by atoms with Crippen molar-refractivity contribution in [3.63, 3.8) is 0 Å². The van der Waals surface area contributed by atoms with Gasteiger partial charge in [-0.05, 0) is 108 Å². The lowest BCUT2D eigenvalue weighted by Crippen LogP contribution is -2.37. The van der Waals surface area contributed by atoms with Gasteiger partial charge in [0.25, 0.3) is 11.8 Å². The topological polar surface area (TPSA) is 76.2 Å². The maximum atomic E-state index is 13.3. The van der Waals surface area contributed by atoms with Crippen LogP contribution in [0.2, 0.25) is 0 Å². The third-order valence-electron chi connectivity index (χ3n) is 11.0. The molecule has 4 aromatic rings. The van der Waals surface area contributed by atoms with Crippen molar-refractivity contribution >= 4 is 18.1 Å². The first-order valence-electron chi connectivity index (χ1n) is 17.5. The van der Waals surface area contributed by atoms with Gasteiger partial charge < -0.3 is 24.1 Å². The predicted molar refractivity (Wildman–Crippen MR) is 190 cm³/mol. The summed E-state index contributed by atoms with van der Waals surface area (Å²) in [7, 11) is 3.26. The lowest BCUT2D eigenvalue weighted by molar-refractivity contribution is -0.109. The molecular formula is C42H42F2N2O5. The second kappa shape index (κ2) is 13.9. The first-order valence-corrected chi connectivity index (χ1v) is 17.5. The number of carbonyl (C=O) groups excluding carboxylic acids is 3. The molecular weight excluding hydrogens is 650 g/mol. The highest BCUT2D eigenvalue weighted by Gasteiger charge is 2.52. The number of methoxy groups -OCH3 is 2. The quantitative estimate of drug-likeness (QED) is 0.163. The number of alkyl halides is 2. The van der Waals surface area contributed by atoms with E-state index < -0.39 is 11.8 Å². The molecule has 0 spiro atoms. The molecule has 0 atom stereocenters. The summed E-state index contributed by atoms with van der Waals surface area (Å²) < 4.78 is 37.0. The van der Waals surface area contributed by atoms with Crippen molar-refractivity contribution < 1.29 is 32.6 Å². The summed E-state index contributed by atoms with van der Waals surface area (Å²) in [6, 6.07) is 26.7. The fourth-order valence-corrected chi connectivity index (χ4v) is 7.27. The Morgan fingerprint density at radius 3 is 1.51 bits per heavy atom. The number of carbonyl (C=O) groups is 3. The number of hydrogen-bond acceptors (Lipinski definition) is 5. The molecule has 7 nitrogen and oxygen atoms in total. The van der Waals surface area contributed by atoms with Gasteiger partial charge in [0.15, 0.2) is 0 Å². The van der Waals surface area contributed by atoms with Crippen LogP contribution in [0, 0.1) is 0 Å². The van der Waals surface area contributed by atoms with Crippen molar-refractivity contribution in [3.05, 3.63) is 129 Å². The average molecular weight is 693 g/mol. The molecule has 2 fully saturated rings. The van der Waals surface area contributed by atoms with E-state index in [0.717, 1.165) is 70.4 Å². The van der Waals surface area contributed by atoms with E-state index in [1.807, 2.05) is 76.5 Å². The van der Waals surface area contributed by atoms with Gasteiger partial charge in [-0.1, -0.05) is 48.5 Å². The van der Waals surface area contributed by atoms with E-state index in [9.17, 15) is 23.2 Å². The summed E-state index contributed by atoms with van der Waals surface area (Å²) in [6.45, 7) is 2.44. The third kappa shape index (κ3) is 6.86. The highest BCUT2D eigenvalue weighted by atomic mass is 19.3. The Kier molecular flexibility index (Phi) is 9.40. The van der Waals surface area contributed by atoms with Crippen LogP contribution >= 0.6 is 0 Å². The lowest BCUT2D eigenvalue weighted by Gasteiger charge is -2.29. The molecule has 0 radical (unpaired) electrons. The highest BCUT2D eigenvalue weighted by Crippen LogP contribution is 2.53. The molecule has 264 valence electrons. The Bertz CT molecular complexity index is 1930. The molecule has 2 aliphatic heterocycles. The van der Waals surface area contributed by atoms with Gasteiger partial charge in [0, 0.05) is 37.3 Å². The monoisotopic (exact) mass is 692 g/mol. The van der Waals surface area contributed by atoms with Gasteiger partial charge in [-0.3, -0.25) is 9.59 Å². The molecule has 9 heteroatoms. The number of fused-ring (bicyclic) bond motifs is 2. The minimum Gasteiger partial charge on any atom is -0.497 e. The van der Waals surface area contributed by atoms with Crippen LogP contribution in [0.5, 0.6) is 11.5 Å². The lowest BCUT2D eigenvalue weighted by atomic mass is 9.89. The molecule has 0 aromatic heterocycles. The number of benzene rings is 4. The van der Waals surface area contributed by atoms with E-state index in [0.29, 0.717) is 56.6 Å². The molecule has 4 aliphatic rings. The van der Waals surface area contributed by atoms with Crippen LogP contribution < -0.4 is 9.47 Å². The minimum atomic E-state index is -2.34. The molecule has 0 N–H and O–H groups in total. The third-order valence-corrected chi connectivity index (χ3v) is 11.0. The molecule has 2 heterocycles.